The fourth-order valence-electron chi connectivity index (χ4n) is 1.93. The molecule has 0 amide bonds. The number of rotatable bonds is 2. The Hall–Kier alpha value is -1.14. The first kappa shape index (κ1) is 8.46. The SMILES string of the molecule is N[C@]1(C(=O)O)CO[C@@H]2[C@@H](C(=O)O)[C@@H]21. The van der Waals surface area contributed by atoms with Gasteiger partial charge in [0.25, 0.3) is 0 Å². The third-order valence-electron chi connectivity index (χ3n) is 2.75. The molecular formula is C7H9NO5. The fourth-order valence-corrected chi connectivity index (χ4v) is 1.93. The van der Waals surface area contributed by atoms with Crippen LogP contribution < -0.4 is 5.73 Å². The Balaban J connectivity index is 2.20. The van der Waals surface area contributed by atoms with Crippen LogP contribution in [-0.4, -0.2) is 40.4 Å². The number of hydrogen-bond acceptors (Lipinski definition) is 4. The van der Waals surface area contributed by atoms with Crippen LogP contribution in [0.15, 0.2) is 0 Å². The van der Waals surface area contributed by atoms with Crippen LogP contribution in [0.3, 0.4) is 0 Å². The Morgan fingerprint density at radius 3 is 2.46 bits per heavy atom. The van der Waals surface area contributed by atoms with Gasteiger partial charge in [0.1, 0.15) is 5.54 Å². The lowest BCUT2D eigenvalue weighted by Crippen LogP contribution is -2.52. The molecule has 1 heterocycles. The maximum absolute atomic E-state index is 10.7. The molecule has 2 aliphatic rings. The lowest BCUT2D eigenvalue weighted by Gasteiger charge is -2.19. The molecule has 0 bridgehead atoms. The topological polar surface area (TPSA) is 110 Å². The highest BCUT2D eigenvalue weighted by Crippen LogP contribution is 2.53. The lowest BCUT2D eigenvalue weighted by molar-refractivity contribution is -0.147. The predicted octanol–water partition coefficient (Wildman–Crippen LogP) is -1.50. The van der Waals surface area contributed by atoms with E-state index in [0.717, 1.165) is 0 Å². The summed E-state index contributed by atoms with van der Waals surface area (Å²) < 4.78 is 4.99. The van der Waals surface area contributed by atoms with Crippen LogP contribution in [0, 0.1) is 11.8 Å². The van der Waals surface area contributed by atoms with Gasteiger partial charge in [-0.2, -0.15) is 0 Å². The highest BCUT2D eigenvalue weighted by molar-refractivity contribution is 5.85. The van der Waals surface area contributed by atoms with E-state index in [1.54, 1.807) is 0 Å². The van der Waals surface area contributed by atoms with E-state index in [1.807, 2.05) is 0 Å². The predicted molar refractivity (Wildman–Crippen MR) is 38.9 cm³/mol. The van der Waals surface area contributed by atoms with Crippen LogP contribution in [0.4, 0.5) is 0 Å². The molecule has 72 valence electrons. The minimum atomic E-state index is -1.51. The van der Waals surface area contributed by atoms with E-state index in [4.69, 9.17) is 20.7 Å². The summed E-state index contributed by atoms with van der Waals surface area (Å²) in [6.45, 7) is -0.0958. The molecule has 0 radical (unpaired) electrons. The van der Waals surface area contributed by atoms with E-state index in [-0.39, 0.29) is 6.61 Å². The quantitative estimate of drug-likeness (QED) is 0.485. The van der Waals surface area contributed by atoms with Crippen molar-refractivity contribution in [2.45, 2.75) is 11.6 Å². The third kappa shape index (κ3) is 0.895. The van der Waals surface area contributed by atoms with Crippen LogP contribution in [0.5, 0.6) is 0 Å². The molecule has 0 spiro atoms. The van der Waals surface area contributed by atoms with Gasteiger partial charge in [0.05, 0.1) is 18.6 Å². The van der Waals surface area contributed by atoms with Crippen LogP contribution >= 0.6 is 0 Å². The largest absolute Gasteiger partial charge is 0.481 e. The molecule has 13 heavy (non-hydrogen) atoms. The van der Waals surface area contributed by atoms with E-state index in [1.165, 1.54) is 0 Å². The van der Waals surface area contributed by atoms with Crippen molar-refractivity contribution in [3.8, 4) is 0 Å². The summed E-state index contributed by atoms with van der Waals surface area (Å²) in [6, 6.07) is 0. The molecule has 1 aliphatic carbocycles. The van der Waals surface area contributed by atoms with Gasteiger partial charge >= 0.3 is 11.9 Å². The van der Waals surface area contributed by atoms with Gasteiger partial charge in [-0.3, -0.25) is 9.59 Å². The zero-order chi connectivity index (χ0) is 9.80. The zero-order valence-corrected chi connectivity index (χ0v) is 6.64. The number of carboxylic acids is 2. The van der Waals surface area contributed by atoms with Crippen molar-refractivity contribution < 1.29 is 24.5 Å². The Labute approximate surface area is 73.3 Å². The van der Waals surface area contributed by atoms with Crippen molar-refractivity contribution in [2.24, 2.45) is 17.6 Å². The summed E-state index contributed by atoms with van der Waals surface area (Å²) in [5.74, 6) is -3.54. The monoisotopic (exact) mass is 187 g/mol. The first-order valence-corrected chi connectivity index (χ1v) is 3.85. The van der Waals surface area contributed by atoms with Gasteiger partial charge in [0, 0.05) is 5.92 Å². The fraction of sp³-hybridized carbons (Fsp3) is 0.714. The molecule has 6 nitrogen and oxygen atoms in total. The molecule has 4 atom stereocenters. The Kier molecular flexibility index (Phi) is 1.44. The van der Waals surface area contributed by atoms with E-state index in [0.29, 0.717) is 0 Å². The van der Waals surface area contributed by atoms with E-state index >= 15 is 0 Å². The first-order chi connectivity index (χ1) is 5.98. The van der Waals surface area contributed by atoms with E-state index in [9.17, 15) is 9.59 Å². The second kappa shape index (κ2) is 2.21. The Morgan fingerprint density at radius 1 is 1.46 bits per heavy atom. The Morgan fingerprint density at radius 2 is 2.08 bits per heavy atom. The number of aliphatic carboxylic acids is 2. The molecule has 2 rings (SSSR count). The highest BCUT2D eigenvalue weighted by atomic mass is 16.5. The normalized spacial score (nSPS) is 47.0. The third-order valence-corrected chi connectivity index (χ3v) is 2.75. The first-order valence-electron chi connectivity index (χ1n) is 3.85. The van der Waals surface area contributed by atoms with E-state index < -0.39 is 35.4 Å². The molecule has 4 N–H and O–H groups in total. The van der Waals surface area contributed by atoms with Crippen LogP contribution in [0.2, 0.25) is 0 Å². The maximum Gasteiger partial charge on any atom is 0.326 e. The van der Waals surface area contributed by atoms with Gasteiger partial charge in [0.15, 0.2) is 0 Å². The van der Waals surface area contributed by atoms with Gasteiger partial charge in [0.2, 0.25) is 0 Å². The number of carbonyl (C=O) groups is 2. The number of ether oxygens (including phenoxy) is 1. The second-order valence-electron chi connectivity index (χ2n) is 3.51. The lowest BCUT2D eigenvalue weighted by atomic mass is 9.95. The molecule has 0 aromatic rings. The molecule has 1 aliphatic heterocycles. The standard InChI is InChI=1S/C7H9NO5/c8-7(6(11)12)1-13-4-2(3(4)7)5(9)10/h2-4H,1,8H2,(H,9,10)(H,11,12)/t2-,3-,4+,7+/m0/s1. The summed E-state index contributed by atoms with van der Waals surface area (Å²) in [7, 11) is 0. The van der Waals surface area contributed by atoms with Crippen molar-refractivity contribution in [3.63, 3.8) is 0 Å². The molecule has 6 heteroatoms. The molecule has 0 aromatic carbocycles. The summed E-state index contributed by atoms with van der Waals surface area (Å²) >= 11 is 0. The molecule has 2 fully saturated rings. The summed E-state index contributed by atoms with van der Waals surface area (Å²) in [5.41, 5.74) is 4.02. The Bertz CT molecular complexity index is 291. The summed E-state index contributed by atoms with van der Waals surface area (Å²) in [5, 5.41) is 17.4. The highest BCUT2D eigenvalue weighted by Gasteiger charge is 2.72. The summed E-state index contributed by atoms with van der Waals surface area (Å²) in [4.78, 5) is 21.3. The minimum Gasteiger partial charge on any atom is -0.481 e. The zero-order valence-electron chi connectivity index (χ0n) is 6.64. The number of carboxylic acid groups (broad SMARTS) is 2. The van der Waals surface area contributed by atoms with Crippen molar-refractivity contribution >= 4 is 11.9 Å². The molecular weight excluding hydrogens is 178 g/mol. The van der Waals surface area contributed by atoms with Gasteiger partial charge in [-0.15, -0.1) is 0 Å². The van der Waals surface area contributed by atoms with Crippen LogP contribution in [0.1, 0.15) is 0 Å². The number of hydrogen-bond donors (Lipinski definition) is 3. The van der Waals surface area contributed by atoms with Crippen molar-refractivity contribution in [1.82, 2.24) is 0 Å². The number of nitrogens with two attached hydrogens (primary N) is 1. The summed E-state index contributed by atoms with van der Waals surface area (Å²) in [6.07, 6.45) is -0.501. The molecule has 1 saturated heterocycles. The average Bonchev–Trinajstić information content (AvgIpc) is 2.66. The minimum absolute atomic E-state index is 0.0958. The maximum atomic E-state index is 10.7. The average molecular weight is 187 g/mol. The van der Waals surface area contributed by atoms with Gasteiger partial charge in [-0.05, 0) is 0 Å². The molecule has 0 aromatic heterocycles. The smallest absolute Gasteiger partial charge is 0.326 e. The van der Waals surface area contributed by atoms with Gasteiger partial charge in [-0.1, -0.05) is 0 Å². The van der Waals surface area contributed by atoms with Crippen LogP contribution in [-0.2, 0) is 14.3 Å². The van der Waals surface area contributed by atoms with Gasteiger partial charge in [-0.25, -0.2) is 0 Å². The molecule has 1 saturated carbocycles. The molecule has 0 unspecified atom stereocenters. The second-order valence-corrected chi connectivity index (χ2v) is 3.51. The van der Waals surface area contributed by atoms with Crippen molar-refractivity contribution in [3.05, 3.63) is 0 Å². The van der Waals surface area contributed by atoms with Crippen molar-refractivity contribution in [2.75, 3.05) is 6.61 Å². The number of fused-ring (bicyclic) bond motifs is 1. The van der Waals surface area contributed by atoms with Crippen LogP contribution in [0.25, 0.3) is 0 Å². The van der Waals surface area contributed by atoms with Crippen molar-refractivity contribution in [1.29, 1.82) is 0 Å². The van der Waals surface area contributed by atoms with Gasteiger partial charge < -0.3 is 20.7 Å². The van der Waals surface area contributed by atoms with E-state index in [2.05, 4.69) is 0 Å².